The van der Waals surface area contributed by atoms with E-state index in [1.807, 2.05) is 30.1 Å². The predicted molar refractivity (Wildman–Crippen MR) is 105 cm³/mol. The van der Waals surface area contributed by atoms with Gasteiger partial charge in [0.1, 0.15) is 12.2 Å². The van der Waals surface area contributed by atoms with Crippen LogP contribution < -0.4 is 15.1 Å². The van der Waals surface area contributed by atoms with E-state index in [1.165, 1.54) is 5.69 Å². The second kappa shape index (κ2) is 8.73. The van der Waals surface area contributed by atoms with Gasteiger partial charge in [-0.3, -0.25) is 4.90 Å². The lowest BCUT2D eigenvalue weighted by atomic mass is 10.2. The minimum Gasteiger partial charge on any atom is -0.369 e. The van der Waals surface area contributed by atoms with Crippen LogP contribution >= 0.6 is 0 Å². The van der Waals surface area contributed by atoms with Crippen molar-refractivity contribution in [3.05, 3.63) is 36.7 Å². The minimum absolute atomic E-state index is 0.369. The van der Waals surface area contributed by atoms with Crippen molar-refractivity contribution in [2.45, 2.75) is 40.2 Å². The fraction of sp³-hybridized carbons (Fsp3) is 0.526. The molecule has 0 saturated carbocycles. The Morgan fingerprint density at radius 2 is 1.71 bits per heavy atom. The van der Waals surface area contributed by atoms with E-state index in [2.05, 4.69) is 60.0 Å². The quantitative estimate of drug-likeness (QED) is 0.917. The van der Waals surface area contributed by atoms with Crippen LogP contribution in [0.15, 0.2) is 41.8 Å². The maximum Gasteiger partial charge on any atom is 0.128 e. The van der Waals surface area contributed by atoms with Crippen LogP contribution in [0.4, 0.5) is 11.4 Å². The summed E-state index contributed by atoms with van der Waals surface area (Å²) in [4.78, 5) is 4.46. The molecule has 0 bridgehead atoms. The van der Waals surface area contributed by atoms with E-state index in [-0.39, 0.29) is 0 Å². The summed E-state index contributed by atoms with van der Waals surface area (Å²) >= 11 is 0. The van der Waals surface area contributed by atoms with Gasteiger partial charge in [0.05, 0.1) is 6.04 Å². The maximum atomic E-state index is 4.47. The van der Waals surface area contributed by atoms with Crippen LogP contribution in [0.25, 0.3) is 0 Å². The van der Waals surface area contributed by atoms with E-state index < -0.39 is 0 Å². The normalized spacial score (nSPS) is 18.5. The van der Waals surface area contributed by atoms with Crippen LogP contribution in [0.1, 0.15) is 34.1 Å². The molecule has 0 aromatic heterocycles. The first kappa shape index (κ1) is 18.3. The van der Waals surface area contributed by atoms with E-state index in [4.69, 9.17) is 0 Å². The number of rotatable bonds is 4. The number of nitrogens with zero attached hydrogens (tertiary/aromatic N) is 4. The molecule has 2 aliphatic heterocycles. The average Bonchev–Trinajstić information content (AvgIpc) is 3.05. The zero-order valence-electron chi connectivity index (χ0n) is 15.5. The standard InChI is InChI=1S/C17H25N5.C2H6/c1-4-14(2)22-15(3)21(13-19-22)17-7-5-16(6-8-17)20-11-9-18-10-12-20;1-2/h5-8,13-14,18H,3-4,9-12H2,1-2H3;1-2H3. The molecule has 0 aliphatic carbocycles. The molecule has 3 rings (SSSR count). The molecule has 1 fully saturated rings. The SMILES string of the molecule is C=C1N(c2ccc(N3CCNCC3)cc2)C=NN1C(C)CC.CC. The van der Waals surface area contributed by atoms with Crippen LogP contribution in [0, 0.1) is 0 Å². The van der Waals surface area contributed by atoms with Crippen molar-refractivity contribution < 1.29 is 0 Å². The topological polar surface area (TPSA) is 34.1 Å². The number of nitrogens with one attached hydrogen (secondary N) is 1. The van der Waals surface area contributed by atoms with Gasteiger partial charge in [-0.2, -0.15) is 5.10 Å². The van der Waals surface area contributed by atoms with Crippen LogP contribution in [0.5, 0.6) is 0 Å². The molecule has 5 heteroatoms. The highest BCUT2D eigenvalue weighted by atomic mass is 15.6. The van der Waals surface area contributed by atoms with Crippen LogP contribution in [-0.4, -0.2) is 43.6 Å². The van der Waals surface area contributed by atoms with Crippen molar-refractivity contribution in [2.75, 3.05) is 36.0 Å². The van der Waals surface area contributed by atoms with Crippen LogP contribution in [0.3, 0.4) is 0 Å². The third-order valence-corrected chi connectivity index (χ3v) is 4.45. The highest BCUT2D eigenvalue weighted by Crippen LogP contribution is 2.28. The second-order valence-corrected chi connectivity index (χ2v) is 5.87. The second-order valence-electron chi connectivity index (χ2n) is 5.87. The fourth-order valence-electron chi connectivity index (χ4n) is 2.85. The number of hydrogen-bond acceptors (Lipinski definition) is 5. The summed E-state index contributed by atoms with van der Waals surface area (Å²) in [7, 11) is 0. The molecule has 132 valence electrons. The summed E-state index contributed by atoms with van der Waals surface area (Å²) in [5, 5.41) is 9.85. The Morgan fingerprint density at radius 3 is 2.29 bits per heavy atom. The van der Waals surface area contributed by atoms with E-state index in [1.54, 1.807) is 0 Å². The molecule has 0 radical (unpaired) electrons. The molecule has 5 nitrogen and oxygen atoms in total. The Morgan fingerprint density at radius 1 is 1.12 bits per heavy atom. The molecule has 1 atom stereocenters. The highest BCUT2D eigenvalue weighted by Gasteiger charge is 2.24. The number of benzene rings is 1. The summed E-state index contributed by atoms with van der Waals surface area (Å²) in [6, 6.07) is 9.04. The molecule has 1 aromatic carbocycles. The molecule has 1 N–H and O–H groups in total. The molecular formula is C19H31N5. The Kier molecular flexibility index (Phi) is 6.67. The van der Waals surface area contributed by atoms with Gasteiger partial charge in [-0.05, 0) is 37.6 Å². The first-order valence-electron chi connectivity index (χ1n) is 9.08. The summed E-state index contributed by atoms with van der Waals surface area (Å²) in [6.07, 6.45) is 2.90. The molecule has 2 aliphatic rings. The Bertz CT molecular complexity index is 545. The first-order valence-corrected chi connectivity index (χ1v) is 9.08. The molecule has 1 saturated heterocycles. The van der Waals surface area contributed by atoms with Crippen molar-refractivity contribution in [1.82, 2.24) is 10.3 Å². The Labute approximate surface area is 146 Å². The first-order chi connectivity index (χ1) is 11.7. The molecule has 1 unspecified atom stereocenters. The van der Waals surface area contributed by atoms with Gasteiger partial charge in [0.15, 0.2) is 0 Å². The van der Waals surface area contributed by atoms with Gasteiger partial charge in [-0.1, -0.05) is 27.4 Å². The van der Waals surface area contributed by atoms with Crippen LogP contribution in [-0.2, 0) is 0 Å². The lowest BCUT2D eigenvalue weighted by Gasteiger charge is -2.30. The zero-order valence-corrected chi connectivity index (χ0v) is 15.5. The third-order valence-electron chi connectivity index (χ3n) is 4.45. The van der Waals surface area contributed by atoms with Gasteiger partial charge in [-0.15, -0.1) is 0 Å². The van der Waals surface area contributed by atoms with Gasteiger partial charge in [0.2, 0.25) is 0 Å². The van der Waals surface area contributed by atoms with Crippen molar-refractivity contribution >= 4 is 17.7 Å². The fourth-order valence-corrected chi connectivity index (χ4v) is 2.85. The van der Waals surface area contributed by atoms with Crippen LogP contribution in [0.2, 0.25) is 0 Å². The van der Waals surface area contributed by atoms with E-state index >= 15 is 0 Å². The number of hydrogen-bond donors (Lipinski definition) is 1. The molecule has 2 heterocycles. The molecule has 0 amide bonds. The average molecular weight is 329 g/mol. The molecule has 24 heavy (non-hydrogen) atoms. The van der Waals surface area contributed by atoms with E-state index in [0.29, 0.717) is 6.04 Å². The summed E-state index contributed by atoms with van der Waals surface area (Å²) in [5.74, 6) is 0.921. The van der Waals surface area contributed by atoms with Gasteiger partial charge in [-0.25, -0.2) is 5.01 Å². The van der Waals surface area contributed by atoms with E-state index in [0.717, 1.165) is 44.1 Å². The highest BCUT2D eigenvalue weighted by molar-refractivity contribution is 5.85. The Hall–Kier alpha value is -2.01. The van der Waals surface area contributed by atoms with Gasteiger partial charge < -0.3 is 10.2 Å². The molecule has 0 spiro atoms. The third kappa shape index (κ3) is 3.90. The maximum absolute atomic E-state index is 4.47. The smallest absolute Gasteiger partial charge is 0.128 e. The van der Waals surface area contributed by atoms with Crippen molar-refractivity contribution in [3.8, 4) is 0 Å². The van der Waals surface area contributed by atoms with Gasteiger partial charge in [0, 0.05) is 37.6 Å². The lowest BCUT2D eigenvalue weighted by molar-refractivity contribution is 0.286. The van der Waals surface area contributed by atoms with Crippen molar-refractivity contribution in [1.29, 1.82) is 0 Å². The van der Waals surface area contributed by atoms with E-state index in [9.17, 15) is 0 Å². The zero-order chi connectivity index (χ0) is 17.5. The number of anilines is 2. The molecule has 1 aromatic rings. The largest absolute Gasteiger partial charge is 0.369 e. The number of hydrazone groups is 1. The monoisotopic (exact) mass is 329 g/mol. The Balaban J connectivity index is 0.00000100. The lowest BCUT2D eigenvalue weighted by Crippen LogP contribution is -2.43. The summed E-state index contributed by atoms with van der Waals surface area (Å²) in [6.45, 7) is 16.8. The predicted octanol–water partition coefficient (Wildman–Crippen LogP) is 3.46. The van der Waals surface area contributed by atoms with Gasteiger partial charge in [0.25, 0.3) is 0 Å². The summed E-state index contributed by atoms with van der Waals surface area (Å²) < 4.78 is 0. The minimum atomic E-state index is 0.369. The summed E-state index contributed by atoms with van der Waals surface area (Å²) in [5.41, 5.74) is 2.39. The molecular weight excluding hydrogens is 298 g/mol. The van der Waals surface area contributed by atoms with Crippen molar-refractivity contribution in [2.24, 2.45) is 5.10 Å². The van der Waals surface area contributed by atoms with Gasteiger partial charge >= 0.3 is 0 Å². The van der Waals surface area contributed by atoms with Crippen molar-refractivity contribution in [3.63, 3.8) is 0 Å². The number of piperazine rings is 1.